The summed E-state index contributed by atoms with van der Waals surface area (Å²) in [6, 6.07) is 5.56. The Morgan fingerprint density at radius 3 is 2.71 bits per heavy atom. The number of oxime groups is 1. The third-order valence-electron chi connectivity index (χ3n) is 3.04. The number of methoxy groups -OCH3 is 1. The fraction of sp³-hybridized carbons (Fsp3) is 0.417. The fourth-order valence-electron chi connectivity index (χ4n) is 2.13. The number of hydrogen-bond acceptors (Lipinski definition) is 4. The number of amidine groups is 1. The Hall–Kier alpha value is -1.91. The Morgan fingerprint density at radius 1 is 1.41 bits per heavy atom. The second-order valence-electron chi connectivity index (χ2n) is 4.06. The summed E-state index contributed by atoms with van der Waals surface area (Å²) in [5, 5.41) is 11.9. The zero-order chi connectivity index (χ0) is 12.3. The smallest absolute Gasteiger partial charge is 0.172 e. The van der Waals surface area contributed by atoms with Crippen LogP contribution in [0.5, 0.6) is 5.75 Å². The minimum atomic E-state index is 0.134. The molecule has 1 aliphatic heterocycles. The second kappa shape index (κ2) is 4.95. The lowest BCUT2D eigenvalue weighted by Crippen LogP contribution is -2.23. The zero-order valence-corrected chi connectivity index (χ0v) is 9.89. The van der Waals surface area contributed by atoms with Gasteiger partial charge in [-0.25, -0.2) is 0 Å². The molecule has 0 aliphatic carbocycles. The molecule has 1 aliphatic rings. The van der Waals surface area contributed by atoms with Gasteiger partial charge in [-0.3, -0.25) is 0 Å². The van der Waals surface area contributed by atoms with E-state index < -0.39 is 0 Å². The van der Waals surface area contributed by atoms with E-state index in [1.54, 1.807) is 7.11 Å². The molecule has 0 unspecified atom stereocenters. The summed E-state index contributed by atoms with van der Waals surface area (Å²) >= 11 is 0. The zero-order valence-electron chi connectivity index (χ0n) is 9.89. The summed E-state index contributed by atoms with van der Waals surface area (Å²) in [5.41, 5.74) is 7.40. The minimum absolute atomic E-state index is 0.134. The molecule has 1 aromatic rings. The van der Waals surface area contributed by atoms with Crippen LogP contribution in [-0.4, -0.2) is 31.2 Å². The molecule has 0 atom stereocenters. The number of nitrogens with two attached hydrogens (primary N) is 1. The predicted octanol–water partition coefficient (Wildman–Crippen LogP) is 1.39. The van der Waals surface area contributed by atoms with Crippen molar-refractivity contribution in [3.63, 3.8) is 0 Å². The van der Waals surface area contributed by atoms with Crippen LogP contribution in [0, 0.1) is 0 Å². The van der Waals surface area contributed by atoms with Crippen LogP contribution in [0.15, 0.2) is 23.4 Å². The van der Waals surface area contributed by atoms with Crippen LogP contribution < -0.4 is 15.4 Å². The van der Waals surface area contributed by atoms with E-state index in [0.29, 0.717) is 0 Å². The molecule has 0 spiro atoms. The highest BCUT2D eigenvalue weighted by molar-refractivity contribution is 6.02. The Kier molecular flexibility index (Phi) is 3.37. The van der Waals surface area contributed by atoms with Gasteiger partial charge < -0.3 is 20.6 Å². The van der Waals surface area contributed by atoms with Crippen molar-refractivity contribution in [3.8, 4) is 5.75 Å². The molecule has 5 heteroatoms. The lowest BCUT2D eigenvalue weighted by atomic mass is 10.1. The van der Waals surface area contributed by atoms with Gasteiger partial charge in [-0.2, -0.15) is 0 Å². The van der Waals surface area contributed by atoms with E-state index in [1.807, 2.05) is 18.2 Å². The highest BCUT2D eigenvalue weighted by Crippen LogP contribution is 2.28. The normalized spacial score (nSPS) is 16.3. The molecular formula is C12H17N3O2. The molecule has 3 N–H and O–H groups in total. The second-order valence-corrected chi connectivity index (χ2v) is 4.06. The van der Waals surface area contributed by atoms with Gasteiger partial charge in [0.25, 0.3) is 0 Å². The lowest BCUT2D eigenvalue weighted by Gasteiger charge is -2.21. The molecule has 1 fully saturated rings. The van der Waals surface area contributed by atoms with Gasteiger partial charge >= 0.3 is 0 Å². The Bertz CT molecular complexity index is 426. The Labute approximate surface area is 100 Å². The number of nitrogens with zero attached hydrogens (tertiary/aromatic N) is 2. The number of ether oxygens (including phenoxy) is 1. The van der Waals surface area contributed by atoms with Crippen molar-refractivity contribution in [2.24, 2.45) is 10.9 Å². The maximum Gasteiger partial charge on any atom is 0.172 e. The summed E-state index contributed by atoms with van der Waals surface area (Å²) in [7, 11) is 1.63. The molecule has 1 saturated heterocycles. The molecule has 92 valence electrons. The fourth-order valence-corrected chi connectivity index (χ4v) is 2.13. The van der Waals surface area contributed by atoms with Crippen LogP contribution >= 0.6 is 0 Å². The molecule has 0 radical (unpaired) electrons. The van der Waals surface area contributed by atoms with E-state index in [1.165, 1.54) is 12.8 Å². The highest BCUT2D eigenvalue weighted by Gasteiger charge is 2.18. The molecule has 1 aromatic carbocycles. The third kappa shape index (κ3) is 2.27. The van der Waals surface area contributed by atoms with Gasteiger partial charge in [-0.1, -0.05) is 5.16 Å². The molecule has 17 heavy (non-hydrogen) atoms. The van der Waals surface area contributed by atoms with Crippen molar-refractivity contribution in [2.45, 2.75) is 12.8 Å². The van der Waals surface area contributed by atoms with Gasteiger partial charge in [0.2, 0.25) is 0 Å². The molecule has 2 rings (SSSR count). The molecule has 0 saturated carbocycles. The average Bonchev–Trinajstić information content (AvgIpc) is 2.91. The van der Waals surface area contributed by atoms with E-state index in [4.69, 9.17) is 15.7 Å². The Balaban J connectivity index is 2.43. The summed E-state index contributed by atoms with van der Waals surface area (Å²) < 4.78 is 5.21. The first-order chi connectivity index (χ1) is 8.26. The monoisotopic (exact) mass is 235 g/mol. The van der Waals surface area contributed by atoms with Gasteiger partial charge in [-0.05, 0) is 25.0 Å². The van der Waals surface area contributed by atoms with Crippen LogP contribution in [0.4, 0.5) is 5.69 Å². The first-order valence-electron chi connectivity index (χ1n) is 5.67. The van der Waals surface area contributed by atoms with Crippen LogP contribution in [0.2, 0.25) is 0 Å². The summed E-state index contributed by atoms with van der Waals surface area (Å²) in [4.78, 5) is 2.23. The van der Waals surface area contributed by atoms with E-state index in [0.717, 1.165) is 30.1 Å². The van der Waals surface area contributed by atoms with Gasteiger partial charge in [0.1, 0.15) is 5.75 Å². The van der Waals surface area contributed by atoms with Gasteiger partial charge in [0, 0.05) is 24.7 Å². The molecule has 1 heterocycles. The molecule has 5 nitrogen and oxygen atoms in total. The highest BCUT2D eigenvalue weighted by atomic mass is 16.5. The largest absolute Gasteiger partial charge is 0.497 e. The van der Waals surface area contributed by atoms with E-state index in [9.17, 15) is 0 Å². The topological polar surface area (TPSA) is 71.1 Å². The van der Waals surface area contributed by atoms with Crippen molar-refractivity contribution >= 4 is 11.5 Å². The quantitative estimate of drug-likeness (QED) is 0.359. The minimum Gasteiger partial charge on any atom is -0.497 e. The Morgan fingerprint density at radius 2 is 2.12 bits per heavy atom. The van der Waals surface area contributed by atoms with Crippen LogP contribution in [0.3, 0.4) is 0 Å². The maximum absolute atomic E-state index is 8.80. The van der Waals surface area contributed by atoms with Crippen molar-refractivity contribution in [2.75, 3.05) is 25.1 Å². The summed E-state index contributed by atoms with van der Waals surface area (Å²) in [6.45, 7) is 2.00. The summed E-state index contributed by atoms with van der Waals surface area (Å²) in [6.07, 6.45) is 2.35. The van der Waals surface area contributed by atoms with Crippen molar-refractivity contribution in [1.82, 2.24) is 0 Å². The molecule has 0 bridgehead atoms. The SMILES string of the molecule is COc1ccc(/C(N)=N/O)c(N2CCCC2)c1. The number of rotatable bonds is 3. The third-order valence-corrected chi connectivity index (χ3v) is 3.04. The first-order valence-corrected chi connectivity index (χ1v) is 5.67. The van der Waals surface area contributed by atoms with Crippen molar-refractivity contribution in [3.05, 3.63) is 23.8 Å². The van der Waals surface area contributed by atoms with Crippen LogP contribution in [-0.2, 0) is 0 Å². The molecule has 0 amide bonds. The summed E-state index contributed by atoms with van der Waals surface area (Å²) in [5.74, 6) is 0.913. The van der Waals surface area contributed by atoms with E-state index >= 15 is 0 Å². The van der Waals surface area contributed by atoms with Gasteiger partial charge in [-0.15, -0.1) is 0 Å². The maximum atomic E-state index is 8.80. The first kappa shape index (κ1) is 11.6. The van der Waals surface area contributed by atoms with Crippen molar-refractivity contribution < 1.29 is 9.94 Å². The standard InChI is InChI=1S/C12H17N3O2/c1-17-9-4-5-10(12(13)14-16)11(8-9)15-6-2-3-7-15/h4-5,8,16H,2-3,6-7H2,1H3,(H2,13,14). The number of anilines is 1. The lowest BCUT2D eigenvalue weighted by molar-refractivity contribution is 0.318. The van der Waals surface area contributed by atoms with Crippen LogP contribution in [0.25, 0.3) is 0 Å². The number of hydrogen-bond donors (Lipinski definition) is 2. The molecule has 0 aromatic heterocycles. The van der Waals surface area contributed by atoms with Crippen molar-refractivity contribution in [1.29, 1.82) is 0 Å². The van der Waals surface area contributed by atoms with E-state index in [-0.39, 0.29) is 5.84 Å². The average molecular weight is 235 g/mol. The van der Waals surface area contributed by atoms with Crippen LogP contribution in [0.1, 0.15) is 18.4 Å². The molecular weight excluding hydrogens is 218 g/mol. The number of benzene rings is 1. The van der Waals surface area contributed by atoms with Gasteiger partial charge in [0.15, 0.2) is 5.84 Å². The van der Waals surface area contributed by atoms with Gasteiger partial charge in [0.05, 0.1) is 12.8 Å². The predicted molar refractivity (Wildman–Crippen MR) is 67.0 cm³/mol. The van der Waals surface area contributed by atoms with E-state index in [2.05, 4.69) is 10.1 Å².